The minimum Gasteiger partial charge on any atom is -0.465 e. The third-order valence-corrected chi connectivity index (χ3v) is 6.87. The first-order valence-corrected chi connectivity index (χ1v) is 13.1. The summed E-state index contributed by atoms with van der Waals surface area (Å²) < 4.78 is 352. The summed E-state index contributed by atoms with van der Waals surface area (Å²) in [6.45, 7) is -4.94. The zero-order valence-corrected chi connectivity index (χ0v) is 25.1. The molecule has 0 heterocycles. The highest BCUT2D eigenvalue weighted by Crippen LogP contribution is 2.62. The summed E-state index contributed by atoms with van der Waals surface area (Å²) in [5, 5.41) is 8.15. The zero-order valence-electron chi connectivity index (χ0n) is 24.2. The van der Waals surface area contributed by atoms with Gasteiger partial charge in [0.05, 0.1) is 44.5 Å². The van der Waals surface area contributed by atoms with Crippen molar-refractivity contribution in [1.82, 2.24) is 0 Å². The average molecular weight is 890 g/mol. The topological polar surface area (TPSA) is 91.3 Å². The van der Waals surface area contributed by atoms with E-state index in [0.717, 1.165) is 0 Å². The number of rotatable bonds is 20. The normalized spacial score (nSPS) is 16.0. The van der Waals surface area contributed by atoms with Gasteiger partial charge in [-0.05, 0) is 0 Å². The van der Waals surface area contributed by atoms with Crippen molar-refractivity contribution in [3.63, 3.8) is 0 Å². The fraction of sp³-hybridized carbons (Fsp3) is 0.900. The molecule has 0 saturated heterocycles. The van der Waals surface area contributed by atoms with Crippen LogP contribution in [-0.2, 0) is 28.4 Å². The van der Waals surface area contributed by atoms with Gasteiger partial charge in [0.1, 0.15) is 5.25 Å². The van der Waals surface area contributed by atoms with Crippen LogP contribution in [0.25, 0.3) is 0 Å². The molecule has 0 bridgehead atoms. The summed E-state index contributed by atoms with van der Waals surface area (Å²) in [4.78, 5) is 23.7. The van der Waals surface area contributed by atoms with Crippen LogP contribution in [0, 0.1) is 0 Å². The Morgan fingerprint density at radius 1 is 0.463 bits per heavy atom. The van der Waals surface area contributed by atoms with E-state index >= 15 is 0 Å². The van der Waals surface area contributed by atoms with Crippen LogP contribution in [0.3, 0.4) is 0 Å². The van der Waals surface area contributed by atoms with Gasteiger partial charge < -0.3 is 9.47 Å². The van der Waals surface area contributed by atoms with Crippen LogP contribution in [0.4, 0.5) is 114 Å². The molecule has 1 N–H and O–H groups in total. The Morgan fingerprint density at radius 2 is 0.759 bits per heavy atom. The van der Waals surface area contributed by atoms with Crippen LogP contribution >= 0.6 is 12.0 Å². The van der Waals surface area contributed by atoms with Crippen LogP contribution in [0.15, 0.2) is 0 Å². The third kappa shape index (κ3) is 8.98. The van der Waals surface area contributed by atoms with E-state index in [0.29, 0.717) is 0 Å². The highest BCUT2D eigenvalue weighted by atomic mass is 32.2. The lowest BCUT2D eigenvalue weighted by molar-refractivity contribution is -0.440. The van der Waals surface area contributed by atoms with Crippen molar-refractivity contribution in [3.8, 4) is 0 Å². The third-order valence-electron chi connectivity index (χ3n) is 6.14. The molecule has 0 saturated carbocycles. The highest BCUT2D eigenvalue weighted by Gasteiger charge is 2.92. The maximum Gasteiger partial charge on any atom is 0.460 e. The van der Waals surface area contributed by atoms with Crippen molar-refractivity contribution >= 4 is 24.0 Å². The first-order valence-electron chi connectivity index (χ1n) is 12.3. The number of hydrogen-bond acceptors (Lipinski definition) is 8. The number of alkyl halides is 26. The number of carbonyl (C=O) groups excluding carboxylic acids is 2. The van der Waals surface area contributed by atoms with Crippen LogP contribution < -0.4 is 0 Å². The Morgan fingerprint density at radius 3 is 1.06 bits per heavy atom. The van der Waals surface area contributed by atoms with Gasteiger partial charge in [-0.15, -0.1) is 4.33 Å². The van der Waals surface area contributed by atoms with Crippen LogP contribution in [0.2, 0.25) is 0 Å². The Bertz CT molecular complexity index is 1300. The first kappa shape index (κ1) is 51.4. The summed E-state index contributed by atoms with van der Waals surface area (Å²) >= 11 is -0.818. The van der Waals surface area contributed by atoms with Gasteiger partial charge in [-0.2, -0.15) is 114 Å². The Hall–Kier alpha value is -2.65. The number of carbonyl (C=O) groups is 2. The largest absolute Gasteiger partial charge is 0.465 e. The summed E-state index contributed by atoms with van der Waals surface area (Å²) in [7, 11) is 0. The van der Waals surface area contributed by atoms with Crippen molar-refractivity contribution in [1.29, 1.82) is 0 Å². The van der Waals surface area contributed by atoms with E-state index in [1.165, 1.54) is 0 Å². The van der Waals surface area contributed by atoms with Gasteiger partial charge in [-0.25, -0.2) is 5.26 Å². The molecule has 0 rings (SSSR count). The zero-order chi connectivity index (χ0) is 43.8. The van der Waals surface area contributed by atoms with Crippen molar-refractivity contribution in [3.05, 3.63) is 0 Å². The van der Waals surface area contributed by atoms with E-state index in [1.54, 1.807) is 0 Å². The smallest absolute Gasteiger partial charge is 0.460 e. The molecule has 0 spiro atoms. The van der Waals surface area contributed by atoms with E-state index in [2.05, 4.69) is 18.8 Å². The van der Waals surface area contributed by atoms with E-state index in [9.17, 15) is 124 Å². The molecule has 0 aliphatic carbocycles. The van der Waals surface area contributed by atoms with Crippen LogP contribution in [0.1, 0.15) is 19.3 Å². The SMILES string of the molecule is O=C(CC(SOOO)C(=O)OCCC(F)(F)C(F)(F)C(F)(F)C(F)(F)C(F)(F)C(F)(F)F)OCCC(F)(F)C(F)(F)C(F)(F)C(F)(F)C(F)(F)C(F)(F)F. The lowest BCUT2D eigenvalue weighted by Gasteiger charge is -2.39. The molecule has 1 unspecified atom stereocenters. The molecule has 0 aromatic rings. The fourth-order valence-corrected chi connectivity index (χ4v) is 3.50. The quantitative estimate of drug-likeness (QED) is 0.0426. The summed E-state index contributed by atoms with van der Waals surface area (Å²) in [5.74, 6) is -83.3. The minimum absolute atomic E-state index is 0.818. The molecule has 0 aromatic heterocycles. The van der Waals surface area contributed by atoms with E-state index in [1.807, 2.05) is 0 Å². The minimum atomic E-state index is -8.31. The van der Waals surface area contributed by atoms with Crippen molar-refractivity contribution in [2.75, 3.05) is 13.2 Å². The fourth-order valence-electron chi connectivity index (χ4n) is 3.02. The molecular formula is C20H12F26O7S. The standard InChI is InChI=1S/C20H12F26O7S/c21-9(22,11(25,26)13(29,30)15(33,34)17(37,38)19(41,42)43)1-3-50-7(47)5-6(54-53-52-49)8(48)51-4-2-10(23,24)12(27,28)14(31,32)16(35,36)18(39,40)20(44,45)46/h6,49H,1-5H2. The number of halogens is 26. The van der Waals surface area contributed by atoms with Crippen molar-refractivity contribution < 1.29 is 148 Å². The van der Waals surface area contributed by atoms with Gasteiger partial charge in [-0.1, -0.05) is 5.04 Å². The molecule has 0 aromatic carbocycles. The Kier molecular flexibility index (Phi) is 14.9. The molecule has 34 heteroatoms. The number of ether oxygens (including phenoxy) is 2. The van der Waals surface area contributed by atoms with Crippen LogP contribution in [-0.4, -0.2) is 107 Å². The monoisotopic (exact) mass is 890 g/mol. The van der Waals surface area contributed by atoms with Gasteiger partial charge in [0, 0.05) is 0 Å². The lowest BCUT2D eigenvalue weighted by Crippen LogP contribution is -2.70. The maximum atomic E-state index is 13.8. The molecule has 0 aliphatic heterocycles. The van der Waals surface area contributed by atoms with E-state index < -0.39 is 133 Å². The lowest BCUT2D eigenvalue weighted by atomic mass is 9.93. The molecule has 0 fully saturated rings. The predicted octanol–water partition coefficient (Wildman–Crippen LogP) is 9.16. The van der Waals surface area contributed by atoms with Gasteiger partial charge in [0.15, 0.2) is 0 Å². The molecule has 0 radical (unpaired) electrons. The Labute approximate surface area is 282 Å². The predicted molar refractivity (Wildman–Crippen MR) is 114 cm³/mol. The number of hydrogen-bond donors (Lipinski definition) is 1. The van der Waals surface area contributed by atoms with Gasteiger partial charge in [0.25, 0.3) is 0 Å². The Balaban J connectivity index is 5.83. The van der Waals surface area contributed by atoms with Gasteiger partial charge in [-0.3, -0.25) is 9.59 Å². The van der Waals surface area contributed by atoms with Crippen molar-refractivity contribution in [2.45, 2.75) is 96.1 Å². The second-order valence-electron chi connectivity index (χ2n) is 9.82. The van der Waals surface area contributed by atoms with E-state index in [4.69, 9.17) is 5.26 Å². The summed E-state index contributed by atoms with van der Waals surface area (Å²) in [6, 6.07) is 0. The summed E-state index contributed by atoms with van der Waals surface area (Å²) in [6.07, 6.45) is -23.8. The molecule has 322 valence electrons. The molecular weight excluding hydrogens is 878 g/mol. The highest BCUT2D eigenvalue weighted by molar-refractivity contribution is 7.95. The maximum absolute atomic E-state index is 13.8. The van der Waals surface area contributed by atoms with Gasteiger partial charge >= 0.3 is 83.5 Å². The first-order chi connectivity index (χ1) is 23.4. The number of esters is 2. The van der Waals surface area contributed by atoms with Crippen molar-refractivity contribution in [2.24, 2.45) is 0 Å². The molecule has 0 aliphatic rings. The second kappa shape index (κ2) is 15.7. The molecule has 7 nitrogen and oxygen atoms in total. The van der Waals surface area contributed by atoms with Crippen LogP contribution in [0.5, 0.6) is 0 Å². The van der Waals surface area contributed by atoms with Gasteiger partial charge in [0.2, 0.25) is 0 Å². The molecule has 1 atom stereocenters. The average Bonchev–Trinajstić information content (AvgIpc) is 2.96. The second-order valence-corrected chi connectivity index (χ2v) is 10.7. The molecule has 54 heavy (non-hydrogen) atoms. The molecule has 0 amide bonds. The van der Waals surface area contributed by atoms with E-state index in [-0.39, 0.29) is 0 Å². The summed E-state index contributed by atoms with van der Waals surface area (Å²) in [5.41, 5.74) is 0.